The molecule has 1 atom stereocenters. The minimum Gasteiger partial charge on any atom is -0.408 e. The monoisotopic (exact) mass is 449 g/mol. The van der Waals surface area contributed by atoms with E-state index < -0.39 is 8.16 Å². The molecule has 33 heavy (non-hydrogen) atoms. The van der Waals surface area contributed by atoms with Gasteiger partial charge in [-0.15, -0.1) is 0 Å². The van der Waals surface area contributed by atoms with Gasteiger partial charge in [0.05, 0.1) is 0 Å². The Morgan fingerprint density at radius 3 is 1.64 bits per heavy atom. The Morgan fingerprint density at radius 1 is 0.606 bits per heavy atom. The maximum atomic E-state index is 6.67. The van der Waals surface area contributed by atoms with E-state index >= 15 is 0 Å². The first-order valence-corrected chi connectivity index (χ1v) is 12.3. The van der Waals surface area contributed by atoms with E-state index in [0.717, 1.165) is 21.9 Å². The molecule has 0 radical (unpaired) electrons. The van der Waals surface area contributed by atoms with E-state index in [4.69, 9.17) is 8.39 Å². The smallest absolute Gasteiger partial charge is 0.309 e. The van der Waals surface area contributed by atoms with Crippen molar-refractivity contribution in [3.8, 4) is 0 Å². The molecular weight excluding hydrogens is 425 g/mol. The molecule has 1 aromatic heterocycles. The van der Waals surface area contributed by atoms with Crippen LogP contribution in [-0.4, -0.2) is 7.05 Å². The van der Waals surface area contributed by atoms with Crippen molar-refractivity contribution in [1.29, 1.82) is 0 Å². The number of fused-ring (bicyclic) bond motifs is 7. The van der Waals surface area contributed by atoms with Crippen LogP contribution < -0.4 is 4.67 Å². The van der Waals surface area contributed by atoms with E-state index in [-0.39, 0.29) is 6.04 Å². The standard InChI is InChI=1S/C29H24NO2P/c1-20(21-10-4-3-5-11-21)30(2)33-31-26-18-16-22-12-6-8-14-24(22)28(26)29-25-15-9-7-13-23(25)17-19-27(29)32-33/h3-20H,1-2H3/t20-/m1/s1. The minimum atomic E-state index is -1.37. The van der Waals surface area contributed by atoms with Gasteiger partial charge in [-0.2, -0.15) is 4.67 Å². The van der Waals surface area contributed by atoms with Crippen LogP contribution in [0.1, 0.15) is 18.5 Å². The highest BCUT2D eigenvalue weighted by Crippen LogP contribution is 2.43. The topological polar surface area (TPSA) is 29.5 Å². The van der Waals surface area contributed by atoms with Gasteiger partial charge in [0.1, 0.15) is 11.2 Å². The van der Waals surface area contributed by atoms with Crippen LogP contribution in [0.2, 0.25) is 0 Å². The maximum absolute atomic E-state index is 6.67. The van der Waals surface area contributed by atoms with Crippen LogP contribution in [0.3, 0.4) is 0 Å². The number of nitrogens with zero attached hydrogens (tertiary/aromatic N) is 1. The van der Waals surface area contributed by atoms with Gasteiger partial charge in [-0.3, -0.25) is 0 Å². The Morgan fingerprint density at radius 2 is 1.09 bits per heavy atom. The lowest BCUT2D eigenvalue weighted by molar-refractivity contribution is 0.612. The molecule has 0 unspecified atom stereocenters. The van der Waals surface area contributed by atoms with Crippen molar-refractivity contribution < 1.29 is 8.39 Å². The predicted octanol–water partition coefficient (Wildman–Crippen LogP) is 8.93. The van der Waals surface area contributed by atoms with Crippen molar-refractivity contribution in [1.82, 2.24) is 0 Å². The van der Waals surface area contributed by atoms with Crippen LogP contribution in [0.5, 0.6) is 0 Å². The van der Waals surface area contributed by atoms with Crippen LogP contribution in [0.15, 0.2) is 112 Å². The van der Waals surface area contributed by atoms with Gasteiger partial charge in [-0.1, -0.05) is 91.0 Å². The van der Waals surface area contributed by atoms with Crippen molar-refractivity contribution in [2.45, 2.75) is 13.0 Å². The zero-order chi connectivity index (χ0) is 22.4. The first kappa shape index (κ1) is 20.1. The van der Waals surface area contributed by atoms with Gasteiger partial charge >= 0.3 is 8.16 Å². The zero-order valence-electron chi connectivity index (χ0n) is 18.6. The second-order valence-corrected chi connectivity index (χ2v) is 9.87. The largest absolute Gasteiger partial charge is 0.408 e. The molecule has 0 bridgehead atoms. The molecule has 0 N–H and O–H groups in total. The average Bonchev–Trinajstić information content (AvgIpc) is 3.05. The second-order valence-electron chi connectivity index (χ2n) is 8.40. The summed E-state index contributed by atoms with van der Waals surface area (Å²) in [7, 11) is 0.706. The van der Waals surface area contributed by atoms with Crippen molar-refractivity contribution in [3.05, 3.63) is 109 Å². The van der Waals surface area contributed by atoms with Gasteiger partial charge in [-0.05, 0) is 46.2 Å². The van der Waals surface area contributed by atoms with Gasteiger partial charge in [0.25, 0.3) is 0 Å². The molecule has 3 nitrogen and oxygen atoms in total. The number of hydrogen-bond acceptors (Lipinski definition) is 3. The van der Waals surface area contributed by atoms with Gasteiger partial charge < -0.3 is 8.39 Å². The molecule has 0 fully saturated rings. The second kappa shape index (κ2) is 8.12. The molecule has 0 aliphatic carbocycles. The van der Waals surface area contributed by atoms with Gasteiger partial charge in [0, 0.05) is 23.9 Å². The van der Waals surface area contributed by atoms with Crippen LogP contribution >= 0.6 is 8.16 Å². The van der Waals surface area contributed by atoms with Crippen LogP contribution in [0.25, 0.3) is 43.5 Å². The molecular formula is C29H24NO2P. The summed E-state index contributed by atoms with van der Waals surface area (Å²) in [6.07, 6.45) is 0. The maximum Gasteiger partial charge on any atom is 0.309 e. The predicted molar refractivity (Wildman–Crippen MR) is 140 cm³/mol. The van der Waals surface area contributed by atoms with Crippen molar-refractivity contribution in [2.24, 2.45) is 0 Å². The molecule has 4 heteroatoms. The van der Waals surface area contributed by atoms with Crippen LogP contribution in [-0.2, 0) is 0 Å². The fraction of sp³-hybridized carbons (Fsp3) is 0.103. The molecule has 0 amide bonds. The van der Waals surface area contributed by atoms with E-state index in [1.807, 2.05) is 6.07 Å². The summed E-state index contributed by atoms with van der Waals surface area (Å²) in [6.45, 7) is 2.19. The first-order valence-electron chi connectivity index (χ1n) is 11.2. The van der Waals surface area contributed by atoms with Crippen LogP contribution in [0, 0.1) is 0 Å². The lowest BCUT2D eigenvalue weighted by Crippen LogP contribution is -2.17. The molecule has 0 spiro atoms. The lowest BCUT2D eigenvalue weighted by atomic mass is 9.99. The Balaban J connectivity index is 1.73. The molecule has 0 saturated heterocycles. The van der Waals surface area contributed by atoms with Crippen molar-refractivity contribution in [2.75, 3.05) is 11.7 Å². The number of rotatable bonds is 3. The van der Waals surface area contributed by atoms with E-state index in [9.17, 15) is 0 Å². The summed E-state index contributed by atoms with van der Waals surface area (Å²) >= 11 is 0. The fourth-order valence-electron chi connectivity index (χ4n) is 4.58. The molecule has 162 valence electrons. The molecule has 5 aromatic carbocycles. The SMILES string of the molecule is C[C@H](c1ccccc1)N(C)p1oc2ccc3ccccc3c2c2c(ccc3ccccc32)o1. The Bertz CT molecular complexity index is 1560. The third-order valence-electron chi connectivity index (χ3n) is 6.48. The summed E-state index contributed by atoms with van der Waals surface area (Å²) in [4.78, 5) is 0. The van der Waals surface area contributed by atoms with Crippen LogP contribution in [0.4, 0.5) is 0 Å². The fourth-order valence-corrected chi connectivity index (χ4v) is 5.93. The Labute approximate surface area is 193 Å². The molecule has 0 aliphatic heterocycles. The third kappa shape index (κ3) is 3.41. The quantitative estimate of drug-likeness (QED) is 0.270. The molecule has 0 saturated carbocycles. The highest BCUT2D eigenvalue weighted by molar-refractivity contribution is 7.38. The molecule has 6 rings (SSSR count). The van der Waals surface area contributed by atoms with Crippen molar-refractivity contribution in [3.63, 3.8) is 0 Å². The Kier molecular flexibility index (Phi) is 4.95. The molecule has 1 heterocycles. The van der Waals surface area contributed by atoms with E-state index in [1.165, 1.54) is 27.1 Å². The third-order valence-corrected chi connectivity index (χ3v) is 8.05. The summed E-state index contributed by atoms with van der Waals surface area (Å²) in [5.74, 6) is 0. The summed E-state index contributed by atoms with van der Waals surface area (Å²) < 4.78 is 15.5. The zero-order valence-corrected chi connectivity index (χ0v) is 19.5. The molecule has 6 aromatic rings. The van der Waals surface area contributed by atoms with Gasteiger partial charge in [-0.25, -0.2) is 0 Å². The van der Waals surface area contributed by atoms with E-state index in [1.54, 1.807) is 0 Å². The lowest BCUT2D eigenvalue weighted by Gasteiger charge is -2.21. The summed E-state index contributed by atoms with van der Waals surface area (Å²) in [5, 5.41) is 6.93. The Hall–Kier alpha value is -3.52. The minimum absolute atomic E-state index is 0.142. The highest BCUT2D eigenvalue weighted by atomic mass is 31.1. The van der Waals surface area contributed by atoms with Gasteiger partial charge in [0.15, 0.2) is 0 Å². The summed E-state index contributed by atoms with van der Waals surface area (Å²) in [6, 6.07) is 36.1. The normalized spacial score (nSPS) is 12.7. The number of benzene rings is 5. The highest BCUT2D eigenvalue weighted by Gasteiger charge is 2.19. The van der Waals surface area contributed by atoms with Crippen molar-refractivity contribution >= 4 is 51.6 Å². The summed E-state index contributed by atoms with van der Waals surface area (Å²) in [5.41, 5.74) is 2.96. The number of hydrogen-bond donors (Lipinski definition) is 0. The van der Waals surface area contributed by atoms with E-state index in [0.29, 0.717) is 0 Å². The first-order chi connectivity index (χ1) is 16.2. The van der Waals surface area contributed by atoms with Gasteiger partial charge in [0.2, 0.25) is 0 Å². The average molecular weight is 449 g/mol. The molecule has 0 aliphatic rings. The van der Waals surface area contributed by atoms with E-state index in [2.05, 4.69) is 116 Å².